The van der Waals surface area contributed by atoms with Crippen LogP contribution in [0.2, 0.25) is 0 Å². The molecule has 0 aliphatic heterocycles. The van der Waals surface area contributed by atoms with Crippen LogP contribution < -0.4 is 4.74 Å². The lowest BCUT2D eigenvalue weighted by atomic mass is 10.2. The Kier molecular flexibility index (Phi) is 2.23. The number of hydrogen-bond donors (Lipinski definition) is 0. The SMILES string of the molecule is [CH2-][OH+]c1ccnc2cc(OC)ccc12. The minimum atomic E-state index is 0.797. The van der Waals surface area contributed by atoms with E-state index in [1.54, 1.807) is 13.3 Å². The first-order valence-electron chi connectivity index (χ1n) is 4.24. The first-order chi connectivity index (χ1) is 6.85. The van der Waals surface area contributed by atoms with Crippen molar-refractivity contribution in [1.29, 1.82) is 0 Å². The highest BCUT2D eigenvalue weighted by Crippen LogP contribution is 2.27. The summed E-state index contributed by atoms with van der Waals surface area (Å²) < 4.78 is 9.03. The maximum atomic E-state index is 5.11. The highest BCUT2D eigenvalue weighted by Gasteiger charge is 2.04. The number of pyridine rings is 1. The van der Waals surface area contributed by atoms with E-state index in [9.17, 15) is 0 Å². The third-order valence-corrected chi connectivity index (χ3v) is 2.10. The third kappa shape index (κ3) is 1.37. The number of hydrogen-bond acceptors (Lipinski definition) is 2. The molecule has 72 valence electrons. The van der Waals surface area contributed by atoms with E-state index in [-0.39, 0.29) is 0 Å². The van der Waals surface area contributed by atoms with Gasteiger partial charge in [-0.15, -0.1) is 0 Å². The molecule has 0 amide bonds. The van der Waals surface area contributed by atoms with Gasteiger partial charge in [-0.05, 0) is 19.2 Å². The van der Waals surface area contributed by atoms with Crippen LogP contribution in [0.25, 0.3) is 10.9 Å². The zero-order valence-corrected chi connectivity index (χ0v) is 7.90. The molecule has 0 fully saturated rings. The zero-order valence-electron chi connectivity index (χ0n) is 7.90. The average Bonchev–Trinajstić information content (AvgIpc) is 2.27. The largest absolute Gasteiger partial charge is 0.721 e. The fourth-order valence-corrected chi connectivity index (χ4v) is 1.38. The minimum Gasteiger partial charge on any atom is -0.721 e. The summed E-state index contributed by atoms with van der Waals surface area (Å²) in [6.07, 6.45) is 1.71. The molecule has 0 bridgehead atoms. The van der Waals surface area contributed by atoms with Crippen LogP contribution in [0.5, 0.6) is 11.5 Å². The second-order valence-electron chi connectivity index (χ2n) is 2.87. The van der Waals surface area contributed by atoms with E-state index >= 15 is 0 Å². The van der Waals surface area contributed by atoms with Gasteiger partial charge >= 0.3 is 0 Å². The smallest absolute Gasteiger partial charge is 0.237 e. The Morgan fingerprint density at radius 2 is 2.21 bits per heavy atom. The predicted molar refractivity (Wildman–Crippen MR) is 55.3 cm³/mol. The molecule has 0 saturated carbocycles. The van der Waals surface area contributed by atoms with Crippen LogP contribution in [0.15, 0.2) is 30.5 Å². The number of aliphatic hydroxyl groups is 1. The van der Waals surface area contributed by atoms with Crippen molar-refractivity contribution in [2.75, 3.05) is 7.11 Å². The maximum Gasteiger partial charge on any atom is 0.237 e. The summed E-state index contributed by atoms with van der Waals surface area (Å²) >= 11 is 0. The molecule has 1 aromatic heterocycles. The minimum absolute atomic E-state index is 0.797. The molecule has 1 heterocycles. The van der Waals surface area contributed by atoms with Crippen LogP contribution in [0.4, 0.5) is 0 Å². The third-order valence-electron chi connectivity index (χ3n) is 2.10. The molecule has 0 atom stereocenters. The Balaban J connectivity index is 2.67. The molecular weight excluding hydrogens is 178 g/mol. The van der Waals surface area contributed by atoms with Gasteiger partial charge in [0.05, 0.1) is 18.0 Å². The molecule has 0 spiro atoms. The lowest BCUT2D eigenvalue weighted by Crippen LogP contribution is -1.86. The Morgan fingerprint density at radius 1 is 1.36 bits per heavy atom. The quantitative estimate of drug-likeness (QED) is 0.536. The second-order valence-corrected chi connectivity index (χ2v) is 2.87. The predicted octanol–water partition coefficient (Wildman–Crippen LogP) is 2.28. The first-order valence-corrected chi connectivity index (χ1v) is 4.24. The molecule has 3 nitrogen and oxygen atoms in total. The highest BCUT2D eigenvalue weighted by molar-refractivity contribution is 5.85. The van der Waals surface area contributed by atoms with Gasteiger partial charge in [0.2, 0.25) is 5.75 Å². The van der Waals surface area contributed by atoms with E-state index in [0.29, 0.717) is 0 Å². The second kappa shape index (κ2) is 3.54. The number of rotatable bonds is 2. The fourth-order valence-electron chi connectivity index (χ4n) is 1.38. The van der Waals surface area contributed by atoms with Gasteiger partial charge in [-0.25, -0.2) is 0 Å². The van der Waals surface area contributed by atoms with Gasteiger partial charge < -0.3 is 9.47 Å². The van der Waals surface area contributed by atoms with Crippen LogP contribution in [0.3, 0.4) is 0 Å². The summed E-state index contributed by atoms with van der Waals surface area (Å²) in [7, 11) is 5.15. The fraction of sp³-hybridized carbons (Fsp3) is 0.0909. The van der Waals surface area contributed by atoms with Crippen molar-refractivity contribution < 1.29 is 9.47 Å². The van der Waals surface area contributed by atoms with Crippen molar-refractivity contribution in [1.82, 2.24) is 4.98 Å². The van der Waals surface area contributed by atoms with Crippen molar-refractivity contribution in [3.63, 3.8) is 0 Å². The molecule has 2 rings (SSSR count). The lowest BCUT2D eigenvalue weighted by Gasteiger charge is -2.07. The van der Waals surface area contributed by atoms with Gasteiger partial charge in [0, 0.05) is 18.3 Å². The molecular formula is C11H11NO2. The highest BCUT2D eigenvalue weighted by atomic mass is 16.5. The first kappa shape index (κ1) is 8.81. The molecule has 0 radical (unpaired) electrons. The monoisotopic (exact) mass is 189 g/mol. The Labute approximate surface area is 82.3 Å². The summed E-state index contributed by atoms with van der Waals surface area (Å²) in [6.45, 7) is 0. The summed E-state index contributed by atoms with van der Waals surface area (Å²) in [5.41, 5.74) is 0.870. The molecule has 0 aliphatic carbocycles. The molecule has 1 N–H and O–H groups in total. The van der Waals surface area contributed by atoms with E-state index in [1.807, 2.05) is 24.3 Å². The van der Waals surface area contributed by atoms with Crippen molar-refractivity contribution in [3.8, 4) is 11.5 Å². The van der Waals surface area contributed by atoms with Crippen molar-refractivity contribution >= 4 is 10.9 Å². The van der Waals surface area contributed by atoms with Crippen LogP contribution in [-0.2, 0) is 0 Å². The molecule has 0 aliphatic rings. The van der Waals surface area contributed by atoms with Gasteiger partial charge in [0.25, 0.3) is 0 Å². The van der Waals surface area contributed by atoms with Crippen molar-refractivity contribution in [3.05, 3.63) is 37.6 Å². The number of aromatic hydroxyl groups is 1. The van der Waals surface area contributed by atoms with Gasteiger partial charge in [-0.1, -0.05) is 0 Å². The molecule has 0 unspecified atom stereocenters. The van der Waals surface area contributed by atoms with Crippen LogP contribution >= 0.6 is 0 Å². The van der Waals surface area contributed by atoms with Gasteiger partial charge in [0.1, 0.15) is 5.75 Å². The summed E-state index contributed by atoms with van der Waals surface area (Å²) in [6, 6.07) is 7.54. The molecule has 3 heteroatoms. The molecule has 0 saturated heterocycles. The Morgan fingerprint density at radius 3 is 2.93 bits per heavy atom. The summed E-state index contributed by atoms with van der Waals surface area (Å²) in [5.74, 6) is 1.64. The molecule has 1 aromatic carbocycles. The number of fused-ring (bicyclic) bond motifs is 1. The van der Waals surface area contributed by atoms with Crippen LogP contribution in [0, 0.1) is 7.11 Å². The van der Waals surface area contributed by atoms with Gasteiger partial charge in [-0.3, -0.25) is 4.98 Å². The number of benzene rings is 1. The van der Waals surface area contributed by atoms with Gasteiger partial charge in [-0.2, -0.15) is 0 Å². The zero-order chi connectivity index (χ0) is 9.97. The number of ether oxygens (including phenoxy) is 2. The number of methoxy groups -OCH3 is 1. The van der Waals surface area contributed by atoms with Gasteiger partial charge in [0.15, 0.2) is 0 Å². The molecule has 14 heavy (non-hydrogen) atoms. The van der Waals surface area contributed by atoms with Crippen LogP contribution in [-0.4, -0.2) is 16.8 Å². The summed E-state index contributed by atoms with van der Waals surface area (Å²) in [5, 5.41) is 0.989. The Hall–Kier alpha value is -1.77. The normalized spacial score (nSPS) is 10.1. The Bertz CT molecular complexity index is 454. The number of nitrogens with zero attached hydrogens (tertiary/aromatic N) is 1. The number of aromatic nitrogens is 1. The van der Waals surface area contributed by atoms with Crippen molar-refractivity contribution in [2.24, 2.45) is 0 Å². The average molecular weight is 189 g/mol. The lowest BCUT2D eigenvalue weighted by molar-refractivity contribution is 0.189. The standard InChI is InChI=1S/C11H11NO2/c1-13-8-3-4-9-10(7-8)12-6-5-11(9)14-2/h3-7,14H,2H2,1H3. The van der Waals surface area contributed by atoms with E-state index < -0.39 is 0 Å². The van der Waals surface area contributed by atoms with Crippen molar-refractivity contribution in [2.45, 2.75) is 0 Å². The topological polar surface area (TPSA) is 34.9 Å². The maximum absolute atomic E-state index is 5.11. The van der Waals surface area contributed by atoms with E-state index in [0.717, 1.165) is 22.4 Å². The van der Waals surface area contributed by atoms with E-state index in [1.165, 1.54) is 0 Å². The molecule has 2 aromatic rings. The van der Waals surface area contributed by atoms with Crippen LogP contribution in [0.1, 0.15) is 0 Å². The summed E-state index contributed by atoms with van der Waals surface area (Å²) in [4.78, 5) is 4.23. The van der Waals surface area contributed by atoms with E-state index in [4.69, 9.17) is 4.74 Å². The van der Waals surface area contributed by atoms with E-state index in [2.05, 4.69) is 16.8 Å².